The molecule has 0 atom stereocenters. The summed E-state index contributed by atoms with van der Waals surface area (Å²) in [4.78, 5) is 17.7. The number of carbonyl (C=O) groups is 1. The average Bonchev–Trinajstić information content (AvgIpc) is 2.79. The van der Waals surface area contributed by atoms with Gasteiger partial charge < -0.3 is 4.42 Å². The zero-order chi connectivity index (χ0) is 11.6. The van der Waals surface area contributed by atoms with E-state index in [-0.39, 0.29) is 15.7 Å². The van der Waals surface area contributed by atoms with E-state index in [1.807, 2.05) is 0 Å². The Morgan fingerprint density at radius 2 is 2.12 bits per heavy atom. The van der Waals surface area contributed by atoms with E-state index in [0.29, 0.717) is 6.29 Å². The Bertz CT molecular complexity index is 603. The van der Waals surface area contributed by atoms with Crippen LogP contribution in [0.25, 0.3) is 0 Å². The van der Waals surface area contributed by atoms with Crippen molar-refractivity contribution in [2.45, 2.75) is 9.92 Å². The molecule has 0 amide bonds. The van der Waals surface area contributed by atoms with Crippen LogP contribution >= 0.6 is 0 Å². The fourth-order valence-electron chi connectivity index (χ4n) is 1.15. The maximum absolute atomic E-state index is 12.0. The number of nitrogens with zero attached hydrogens (tertiary/aromatic N) is 2. The summed E-state index contributed by atoms with van der Waals surface area (Å²) in [5.74, 6) is -0.245. The Balaban J connectivity index is 2.61. The van der Waals surface area contributed by atoms with Crippen LogP contribution in [0.4, 0.5) is 0 Å². The predicted octanol–water partition coefficient (Wildman–Crippen LogP) is 0.715. The monoisotopic (exact) mass is 238 g/mol. The molecule has 0 aliphatic carbocycles. The molecule has 2 heterocycles. The molecule has 82 valence electrons. The number of furan rings is 1. The van der Waals surface area contributed by atoms with Crippen LogP contribution in [-0.2, 0) is 9.84 Å². The van der Waals surface area contributed by atoms with E-state index in [9.17, 15) is 13.2 Å². The lowest BCUT2D eigenvalue weighted by Crippen LogP contribution is -2.05. The fraction of sp³-hybridized carbons (Fsp3) is 0. The highest BCUT2D eigenvalue weighted by atomic mass is 32.2. The molecule has 0 aliphatic heterocycles. The number of aromatic nitrogens is 2. The van der Waals surface area contributed by atoms with Crippen molar-refractivity contribution in [2.24, 2.45) is 0 Å². The second-order valence-corrected chi connectivity index (χ2v) is 4.68. The molecule has 0 aliphatic rings. The van der Waals surface area contributed by atoms with Crippen LogP contribution in [0, 0.1) is 0 Å². The van der Waals surface area contributed by atoms with Gasteiger partial charge in [0.2, 0.25) is 9.84 Å². The molecular weight excluding hydrogens is 232 g/mol. The molecule has 2 aromatic heterocycles. The summed E-state index contributed by atoms with van der Waals surface area (Å²) in [6, 6.07) is 1.20. The van der Waals surface area contributed by atoms with E-state index in [1.165, 1.54) is 18.5 Å². The highest BCUT2D eigenvalue weighted by Crippen LogP contribution is 2.21. The van der Waals surface area contributed by atoms with Gasteiger partial charge in [-0.25, -0.2) is 13.4 Å². The third-order valence-corrected chi connectivity index (χ3v) is 3.55. The van der Waals surface area contributed by atoms with Crippen LogP contribution in [0.2, 0.25) is 0 Å². The topological polar surface area (TPSA) is 90.1 Å². The van der Waals surface area contributed by atoms with Gasteiger partial charge in [0.25, 0.3) is 0 Å². The van der Waals surface area contributed by atoms with Gasteiger partial charge in [-0.15, -0.1) is 0 Å². The summed E-state index contributed by atoms with van der Waals surface area (Å²) >= 11 is 0. The highest BCUT2D eigenvalue weighted by molar-refractivity contribution is 7.91. The van der Waals surface area contributed by atoms with Gasteiger partial charge in [0.1, 0.15) is 4.90 Å². The van der Waals surface area contributed by atoms with Crippen LogP contribution in [0.5, 0.6) is 0 Å². The van der Waals surface area contributed by atoms with E-state index in [4.69, 9.17) is 4.42 Å². The molecule has 2 rings (SSSR count). The van der Waals surface area contributed by atoms with Crippen molar-refractivity contribution in [1.29, 1.82) is 0 Å². The molecule has 0 spiro atoms. The number of sulfone groups is 1. The summed E-state index contributed by atoms with van der Waals surface area (Å²) in [5.41, 5.74) is 0. The molecule has 0 saturated heterocycles. The molecule has 7 heteroatoms. The minimum Gasteiger partial charge on any atom is -0.460 e. The van der Waals surface area contributed by atoms with E-state index >= 15 is 0 Å². The number of hydrogen-bond acceptors (Lipinski definition) is 6. The Labute approximate surface area is 90.9 Å². The van der Waals surface area contributed by atoms with Crippen molar-refractivity contribution < 1.29 is 17.6 Å². The summed E-state index contributed by atoms with van der Waals surface area (Å²) in [6.07, 6.45) is 5.19. The van der Waals surface area contributed by atoms with Gasteiger partial charge in [-0.05, 0) is 6.07 Å². The average molecular weight is 238 g/mol. The first-order valence-corrected chi connectivity index (χ1v) is 5.68. The van der Waals surface area contributed by atoms with Crippen molar-refractivity contribution in [3.63, 3.8) is 0 Å². The van der Waals surface area contributed by atoms with E-state index in [2.05, 4.69) is 9.97 Å². The molecule has 0 saturated carbocycles. The van der Waals surface area contributed by atoms with E-state index in [0.717, 1.165) is 12.5 Å². The predicted molar refractivity (Wildman–Crippen MR) is 51.6 cm³/mol. The van der Waals surface area contributed by atoms with Crippen molar-refractivity contribution in [3.05, 3.63) is 36.7 Å². The number of hydrogen-bond donors (Lipinski definition) is 0. The van der Waals surface area contributed by atoms with Crippen LogP contribution in [0.3, 0.4) is 0 Å². The Morgan fingerprint density at radius 3 is 2.75 bits per heavy atom. The van der Waals surface area contributed by atoms with Crippen LogP contribution in [0.1, 0.15) is 10.6 Å². The van der Waals surface area contributed by atoms with Crippen molar-refractivity contribution in [3.8, 4) is 0 Å². The van der Waals surface area contributed by atoms with Gasteiger partial charge in [-0.2, -0.15) is 0 Å². The Morgan fingerprint density at radius 1 is 1.31 bits per heavy atom. The molecule has 0 bridgehead atoms. The molecule has 2 aromatic rings. The zero-order valence-corrected chi connectivity index (χ0v) is 8.72. The summed E-state index contributed by atoms with van der Waals surface area (Å²) in [5, 5.41) is -0.223. The van der Waals surface area contributed by atoms with Gasteiger partial charge in [-0.1, -0.05) is 0 Å². The van der Waals surface area contributed by atoms with E-state index in [1.54, 1.807) is 0 Å². The van der Waals surface area contributed by atoms with Crippen molar-refractivity contribution in [2.75, 3.05) is 0 Å². The quantitative estimate of drug-likeness (QED) is 0.731. The smallest absolute Gasteiger partial charge is 0.229 e. The first-order chi connectivity index (χ1) is 7.66. The molecular formula is C9H6N2O4S. The lowest BCUT2D eigenvalue weighted by molar-refractivity contribution is 0.109. The molecule has 16 heavy (non-hydrogen) atoms. The van der Waals surface area contributed by atoms with Gasteiger partial charge >= 0.3 is 0 Å². The van der Waals surface area contributed by atoms with Crippen molar-refractivity contribution in [1.82, 2.24) is 9.97 Å². The SMILES string of the molecule is O=Cc1occc1S(=O)(=O)c1cnccn1. The number of rotatable bonds is 3. The minimum absolute atomic E-state index is 0.206. The maximum Gasteiger partial charge on any atom is 0.229 e. The normalized spacial score (nSPS) is 11.2. The van der Waals surface area contributed by atoms with E-state index < -0.39 is 9.84 Å². The van der Waals surface area contributed by atoms with Crippen LogP contribution in [-0.4, -0.2) is 24.7 Å². The standard InChI is InChI=1S/C9H6N2O4S/c12-6-7-8(1-4-15-7)16(13,14)9-5-10-2-3-11-9/h1-6H. The van der Waals surface area contributed by atoms with Gasteiger partial charge in [0, 0.05) is 12.4 Å². The lowest BCUT2D eigenvalue weighted by Gasteiger charge is -1.99. The largest absolute Gasteiger partial charge is 0.460 e. The minimum atomic E-state index is -3.84. The summed E-state index contributed by atoms with van der Waals surface area (Å²) in [7, 11) is -3.84. The molecule has 0 radical (unpaired) electrons. The molecule has 0 unspecified atom stereocenters. The van der Waals surface area contributed by atoms with Crippen molar-refractivity contribution >= 4 is 16.1 Å². The second-order valence-electron chi connectivity index (χ2n) is 2.81. The summed E-state index contributed by atoms with van der Waals surface area (Å²) < 4.78 is 28.6. The summed E-state index contributed by atoms with van der Waals surface area (Å²) in [6.45, 7) is 0. The lowest BCUT2D eigenvalue weighted by atomic mass is 10.5. The molecule has 0 N–H and O–H groups in total. The molecule has 0 aromatic carbocycles. The number of carbonyl (C=O) groups excluding carboxylic acids is 1. The number of aldehydes is 1. The first kappa shape index (κ1) is 10.5. The third-order valence-electron chi connectivity index (χ3n) is 1.87. The maximum atomic E-state index is 12.0. The van der Waals surface area contributed by atoms with Crippen LogP contribution < -0.4 is 0 Å². The third kappa shape index (κ3) is 1.61. The zero-order valence-electron chi connectivity index (χ0n) is 7.90. The van der Waals surface area contributed by atoms with Gasteiger partial charge in [0.15, 0.2) is 17.1 Å². The highest BCUT2D eigenvalue weighted by Gasteiger charge is 2.24. The van der Waals surface area contributed by atoms with Crippen LogP contribution in [0.15, 0.2) is 45.3 Å². The molecule has 6 nitrogen and oxygen atoms in total. The molecule has 0 fully saturated rings. The van der Waals surface area contributed by atoms with Gasteiger partial charge in [-0.3, -0.25) is 9.78 Å². The van der Waals surface area contributed by atoms with Gasteiger partial charge in [0.05, 0.1) is 12.5 Å². The first-order valence-electron chi connectivity index (χ1n) is 4.20. The Hall–Kier alpha value is -2.02. The fourth-order valence-corrected chi connectivity index (χ4v) is 2.37. The Kier molecular flexibility index (Phi) is 2.53. The second kappa shape index (κ2) is 3.86.